The van der Waals surface area contributed by atoms with Gasteiger partial charge in [0, 0.05) is 12.3 Å². The zero-order valence-electron chi connectivity index (χ0n) is 21.7. The zero-order valence-corrected chi connectivity index (χ0v) is 21.7. The van der Waals surface area contributed by atoms with E-state index in [9.17, 15) is 50.4 Å². The van der Waals surface area contributed by atoms with Crippen LogP contribution in [0.1, 0.15) is 23.8 Å². The van der Waals surface area contributed by atoms with Crippen LogP contribution in [0.5, 0.6) is 0 Å². The minimum atomic E-state index is -1.64. The van der Waals surface area contributed by atoms with Gasteiger partial charge in [-0.1, -0.05) is 10.4 Å². The molecule has 5 heterocycles. The van der Waals surface area contributed by atoms with Crippen LogP contribution >= 0.6 is 0 Å². The maximum Gasteiger partial charge on any atom is 0.331 e. The van der Waals surface area contributed by atoms with Gasteiger partial charge in [0.25, 0.3) is 5.56 Å². The summed E-state index contributed by atoms with van der Waals surface area (Å²) in [6, 6.07) is 1.13. The molecule has 0 aromatic carbocycles. The number of aromatic nitrogens is 8. The molecule has 3 aromatic rings. The molecule has 3 aromatic heterocycles. The molecule has 20 nitrogen and oxygen atoms in total. The van der Waals surface area contributed by atoms with E-state index in [1.54, 1.807) is 0 Å². The Bertz CT molecular complexity index is 1490. The molecule has 0 aliphatic carbocycles. The second kappa shape index (κ2) is 12.0. The molecule has 0 amide bonds. The van der Waals surface area contributed by atoms with Crippen LogP contribution in [-0.2, 0) is 22.6 Å². The van der Waals surface area contributed by atoms with E-state index in [0.717, 1.165) is 24.6 Å². The molecule has 2 saturated heterocycles. The third-order valence-electron chi connectivity index (χ3n) is 7.16. The van der Waals surface area contributed by atoms with Crippen LogP contribution in [0.3, 0.4) is 0 Å². The summed E-state index contributed by atoms with van der Waals surface area (Å²) >= 11 is 0. The van der Waals surface area contributed by atoms with Crippen molar-refractivity contribution in [3.8, 4) is 0 Å². The van der Waals surface area contributed by atoms with Crippen molar-refractivity contribution in [1.29, 1.82) is 0 Å². The molecular weight excluding hydrogens is 568 g/mol. The first-order valence-corrected chi connectivity index (χ1v) is 12.8. The predicted octanol–water partition coefficient (Wildman–Crippen LogP) is -6.77. The maximum atomic E-state index is 13.2. The number of nitrogens with zero attached hydrogens (tertiary/aromatic N) is 8. The lowest BCUT2D eigenvalue weighted by Gasteiger charge is -2.39. The van der Waals surface area contributed by atoms with Crippen LogP contribution in [0.25, 0.3) is 0 Å². The molecule has 8 N–H and O–H groups in total. The van der Waals surface area contributed by atoms with Crippen LogP contribution in [-0.4, -0.2) is 142 Å². The van der Waals surface area contributed by atoms with Crippen molar-refractivity contribution in [3.63, 3.8) is 0 Å². The standard InChI is InChI=1S/C22H30N8O12/c31-7-11-14(34)16(36)18(38)20(41-11)29-5-9(23-25-29)3-27-2-1-13(33)28(22(27)40)4-10-6-30(26-24-10)21-19(39)17(37)15(35)12(8-32)42-21/h1-2,5-6,11-12,14-21,31-32,34-39H,3-4,7-8H2/t11-,12-,14+,15+,16+,17+,18-,19-,20-,21-/m1/s1. The van der Waals surface area contributed by atoms with Gasteiger partial charge in [0.05, 0.1) is 38.7 Å². The van der Waals surface area contributed by atoms with Crippen molar-refractivity contribution in [2.45, 2.75) is 74.4 Å². The smallest absolute Gasteiger partial charge is 0.331 e. The van der Waals surface area contributed by atoms with Crippen LogP contribution in [0, 0.1) is 0 Å². The Morgan fingerprint density at radius 2 is 1.17 bits per heavy atom. The average Bonchev–Trinajstić information content (AvgIpc) is 3.64. The first-order valence-electron chi connectivity index (χ1n) is 12.8. The Kier molecular flexibility index (Phi) is 8.61. The summed E-state index contributed by atoms with van der Waals surface area (Å²) in [7, 11) is 0. The number of hydrogen-bond acceptors (Lipinski definition) is 16. The second-order valence-corrected chi connectivity index (χ2v) is 9.97. The van der Waals surface area contributed by atoms with Gasteiger partial charge in [-0.3, -0.25) is 13.9 Å². The van der Waals surface area contributed by atoms with Gasteiger partial charge in [-0.05, 0) is 0 Å². The molecule has 2 aliphatic heterocycles. The van der Waals surface area contributed by atoms with Crippen LogP contribution in [0.2, 0.25) is 0 Å². The van der Waals surface area contributed by atoms with Gasteiger partial charge >= 0.3 is 5.69 Å². The SMILES string of the molecule is O=c1ccn(Cc2cn([C@@H]3O[C@H](CO)[C@H](O)[C@H](O)[C@H]3O)nn2)c(=O)n1Cc1cn([C@@H]2O[C@H](CO)[C@H](O)[C@H](O)[C@H]2O)nn1. The van der Waals surface area contributed by atoms with Gasteiger partial charge in [0.15, 0.2) is 12.5 Å². The number of ether oxygens (including phenoxy) is 2. The molecule has 0 unspecified atom stereocenters. The predicted molar refractivity (Wildman–Crippen MR) is 131 cm³/mol. The van der Waals surface area contributed by atoms with E-state index in [1.165, 1.54) is 18.6 Å². The highest BCUT2D eigenvalue weighted by molar-refractivity contribution is 5.02. The minimum Gasteiger partial charge on any atom is -0.394 e. The molecule has 0 bridgehead atoms. The Morgan fingerprint density at radius 3 is 1.64 bits per heavy atom. The fraction of sp³-hybridized carbons (Fsp3) is 0.636. The fourth-order valence-corrected chi connectivity index (χ4v) is 4.78. The molecule has 2 aliphatic rings. The fourth-order valence-electron chi connectivity index (χ4n) is 4.78. The molecule has 0 spiro atoms. The highest BCUT2D eigenvalue weighted by Crippen LogP contribution is 2.29. The first kappa shape index (κ1) is 30.0. The van der Waals surface area contributed by atoms with E-state index < -0.39 is 85.8 Å². The Labute approximate surface area is 234 Å². The third kappa shape index (κ3) is 5.51. The summed E-state index contributed by atoms with van der Waals surface area (Å²) in [6.07, 6.45) is -10.7. The minimum absolute atomic E-state index is 0.109. The lowest BCUT2D eigenvalue weighted by Crippen LogP contribution is -2.56. The number of aliphatic hydroxyl groups is 8. The number of hydrogen-bond donors (Lipinski definition) is 8. The van der Waals surface area contributed by atoms with Gasteiger partial charge < -0.3 is 50.3 Å². The highest BCUT2D eigenvalue weighted by atomic mass is 16.6. The summed E-state index contributed by atoms with van der Waals surface area (Å²) in [5.74, 6) is 0. The van der Waals surface area contributed by atoms with Crippen molar-refractivity contribution < 1.29 is 50.3 Å². The van der Waals surface area contributed by atoms with E-state index in [2.05, 4.69) is 20.6 Å². The summed E-state index contributed by atoms with van der Waals surface area (Å²) < 4.78 is 15.0. The molecule has 42 heavy (non-hydrogen) atoms. The Balaban J connectivity index is 1.32. The van der Waals surface area contributed by atoms with Gasteiger partial charge in [-0.15, -0.1) is 10.2 Å². The second-order valence-electron chi connectivity index (χ2n) is 9.97. The van der Waals surface area contributed by atoms with Gasteiger partial charge in [0.2, 0.25) is 0 Å². The molecule has 20 heteroatoms. The lowest BCUT2D eigenvalue weighted by atomic mass is 9.98. The molecule has 0 radical (unpaired) electrons. The van der Waals surface area contributed by atoms with Crippen LogP contribution in [0.4, 0.5) is 0 Å². The largest absolute Gasteiger partial charge is 0.394 e. The maximum absolute atomic E-state index is 13.2. The summed E-state index contributed by atoms with van der Waals surface area (Å²) in [4.78, 5) is 25.7. The van der Waals surface area contributed by atoms with Crippen LogP contribution in [0.15, 0.2) is 34.2 Å². The number of rotatable bonds is 8. The van der Waals surface area contributed by atoms with E-state index in [1.807, 2.05) is 0 Å². The van der Waals surface area contributed by atoms with Crippen molar-refractivity contribution in [2.24, 2.45) is 0 Å². The van der Waals surface area contributed by atoms with Crippen molar-refractivity contribution in [3.05, 3.63) is 56.9 Å². The molecular formula is C22H30N8O12. The first-order chi connectivity index (χ1) is 20.0. The monoisotopic (exact) mass is 598 g/mol. The zero-order chi connectivity index (χ0) is 30.3. The van der Waals surface area contributed by atoms with Gasteiger partial charge in [-0.25, -0.2) is 14.2 Å². The quantitative estimate of drug-likeness (QED) is 0.120. The molecule has 2 fully saturated rings. The Morgan fingerprint density at radius 1 is 0.690 bits per heavy atom. The highest BCUT2D eigenvalue weighted by Gasteiger charge is 2.46. The number of aliphatic hydroxyl groups excluding tert-OH is 8. The summed E-state index contributed by atoms with van der Waals surface area (Å²) in [5, 5.41) is 94.9. The van der Waals surface area contributed by atoms with Crippen molar-refractivity contribution in [2.75, 3.05) is 13.2 Å². The van der Waals surface area contributed by atoms with E-state index in [-0.39, 0.29) is 24.5 Å². The van der Waals surface area contributed by atoms with Crippen molar-refractivity contribution in [1.82, 2.24) is 39.1 Å². The topological polar surface area (TPSA) is 286 Å². The average molecular weight is 599 g/mol. The summed E-state index contributed by atoms with van der Waals surface area (Å²) in [5.41, 5.74) is -1.11. The van der Waals surface area contributed by atoms with E-state index in [0.29, 0.717) is 0 Å². The van der Waals surface area contributed by atoms with Gasteiger partial charge in [-0.2, -0.15) is 0 Å². The normalized spacial score (nSPS) is 33.6. The van der Waals surface area contributed by atoms with E-state index in [4.69, 9.17) is 9.47 Å². The summed E-state index contributed by atoms with van der Waals surface area (Å²) in [6.45, 7) is -1.78. The molecule has 10 atom stereocenters. The van der Waals surface area contributed by atoms with Crippen molar-refractivity contribution >= 4 is 0 Å². The molecule has 230 valence electrons. The van der Waals surface area contributed by atoms with Gasteiger partial charge in [0.1, 0.15) is 60.2 Å². The molecule has 0 saturated carbocycles. The van der Waals surface area contributed by atoms with E-state index >= 15 is 0 Å². The third-order valence-corrected chi connectivity index (χ3v) is 7.16. The van der Waals surface area contributed by atoms with Crippen LogP contribution < -0.4 is 11.2 Å². The molecule has 5 rings (SSSR count). The Hall–Kier alpha value is -3.44. The lowest BCUT2D eigenvalue weighted by molar-refractivity contribution is -0.254.